The summed E-state index contributed by atoms with van der Waals surface area (Å²) in [4.78, 5) is 14.9. The van der Waals surface area contributed by atoms with Gasteiger partial charge in [0.2, 0.25) is 0 Å². The number of para-hydroxylation sites is 1. The van der Waals surface area contributed by atoms with E-state index in [1.54, 1.807) is 34.9 Å². The number of halogens is 3. The lowest BCUT2D eigenvalue weighted by molar-refractivity contribution is -0.137. The SMILES string of the molecule is O=C1c2cccc(-n3c4ccccc4c4ccc(C(F)(F)F)cc43)c2C(O)N1c1ccc(-c2ccccc2)cc1. The first-order valence-electron chi connectivity index (χ1n) is 12.7. The molecule has 4 nitrogen and oxygen atoms in total. The number of hydrogen-bond donors (Lipinski definition) is 1. The monoisotopic (exact) mass is 534 g/mol. The van der Waals surface area contributed by atoms with Gasteiger partial charge in [-0.2, -0.15) is 13.2 Å². The molecule has 7 heteroatoms. The molecule has 1 N–H and O–H groups in total. The number of aliphatic hydroxyl groups excluding tert-OH is 1. The largest absolute Gasteiger partial charge is 0.416 e. The number of benzene rings is 5. The van der Waals surface area contributed by atoms with Crippen LogP contribution in [0.1, 0.15) is 27.7 Å². The number of alkyl halides is 3. The van der Waals surface area contributed by atoms with Crippen molar-refractivity contribution < 1.29 is 23.1 Å². The lowest BCUT2D eigenvalue weighted by Gasteiger charge is -2.22. The predicted molar refractivity (Wildman–Crippen MR) is 149 cm³/mol. The second-order valence-electron chi connectivity index (χ2n) is 9.78. The topological polar surface area (TPSA) is 45.5 Å². The van der Waals surface area contributed by atoms with Gasteiger partial charge in [-0.15, -0.1) is 0 Å². The van der Waals surface area contributed by atoms with Gasteiger partial charge in [0.25, 0.3) is 5.91 Å². The highest BCUT2D eigenvalue weighted by atomic mass is 19.4. The molecule has 2 heterocycles. The summed E-state index contributed by atoms with van der Waals surface area (Å²) in [5, 5.41) is 13.0. The summed E-state index contributed by atoms with van der Waals surface area (Å²) < 4.78 is 42.8. The zero-order valence-corrected chi connectivity index (χ0v) is 20.9. The molecule has 1 aromatic heterocycles. The normalized spacial score (nSPS) is 15.2. The van der Waals surface area contributed by atoms with E-state index in [1.807, 2.05) is 66.7 Å². The van der Waals surface area contributed by atoms with E-state index in [4.69, 9.17) is 0 Å². The van der Waals surface area contributed by atoms with Crippen LogP contribution in [0.5, 0.6) is 0 Å². The molecule has 0 spiro atoms. The molecule has 0 aliphatic carbocycles. The van der Waals surface area contributed by atoms with Gasteiger partial charge >= 0.3 is 6.18 Å². The van der Waals surface area contributed by atoms with E-state index in [0.29, 0.717) is 38.9 Å². The zero-order valence-electron chi connectivity index (χ0n) is 20.9. The van der Waals surface area contributed by atoms with E-state index in [2.05, 4.69) is 0 Å². The molecule has 1 unspecified atom stereocenters. The molecule has 0 saturated heterocycles. The summed E-state index contributed by atoms with van der Waals surface area (Å²) in [6.45, 7) is 0. The lowest BCUT2D eigenvalue weighted by Crippen LogP contribution is -2.27. The van der Waals surface area contributed by atoms with Crippen LogP contribution in [0.2, 0.25) is 0 Å². The highest BCUT2D eigenvalue weighted by Crippen LogP contribution is 2.43. The smallest absolute Gasteiger partial charge is 0.369 e. The van der Waals surface area contributed by atoms with Crippen molar-refractivity contribution in [1.82, 2.24) is 4.57 Å². The molecule has 7 rings (SSSR count). The van der Waals surface area contributed by atoms with Crippen LogP contribution in [-0.4, -0.2) is 15.6 Å². The van der Waals surface area contributed by atoms with Crippen molar-refractivity contribution in [3.63, 3.8) is 0 Å². The molecule has 1 atom stereocenters. The van der Waals surface area contributed by atoms with Gasteiger partial charge in [-0.3, -0.25) is 9.69 Å². The van der Waals surface area contributed by atoms with Gasteiger partial charge < -0.3 is 9.67 Å². The van der Waals surface area contributed by atoms with Crippen LogP contribution in [0.25, 0.3) is 38.6 Å². The Balaban J connectivity index is 1.39. The Hall–Kier alpha value is -4.88. The standard InChI is InChI=1S/C33H21F3N2O2/c34-33(35,36)22-15-18-25-24-9-4-5-11-27(24)38(29(25)19-22)28-12-6-10-26-30(28)32(40)37(31(26)39)23-16-13-21(14-17-23)20-7-2-1-3-8-20/h1-19,32,40H. The van der Waals surface area contributed by atoms with E-state index in [0.717, 1.165) is 28.6 Å². The van der Waals surface area contributed by atoms with Gasteiger partial charge in [0.1, 0.15) is 0 Å². The first-order chi connectivity index (χ1) is 19.3. The fraction of sp³-hybridized carbons (Fsp3) is 0.0606. The highest BCUT2D eigenvalue weighted by molar-refractivity contribution is 6.13. The summed E-state index contributed by atoms with van der Waals surface area (Å²) in [5.74, 6) is -0.381. The van der Waals surface area contributed by atoms with Gasteiger partial charge in [-0.05, 0) is 53.6 Å². The summed E-state index contributed by atoms with van der Waals surface area (Å²) in [6, 6.07) is 33.2. The van der Waals surface area contributed by atoms with Crippen molar-refractivity contribution >= 4 is 33.4 Å². The molecule has 1 amide bonds. The van der Waals surface area contributed by atoms with Gasteiger partial charge in [0, 0.05) is 27.6 Å². The minimum absolute atomic E-state index is 0.301. The Morgan fingerprint density at radius 2 is 1.35 bits per heavy atom. The van der Waals surface area contributed by atoms with Crippen molar-refractivity contribution in [2.45, 2.75) is 12.4 Å². The third-order valence-corrected chi connectivity index (χ3v) is 7.53. The number of anilines is 1. The Kier molecular flexibility index (Phi) is 5.34. The van der Waals surface area contributed by atoms with E-state index in [1.165, 1.54) is 11.0 Å². The minimum atomic E-state index is -4.52. The number of aliphatic hydroxyl groups is 1. The highest BCUT2D eigenvalue weighted by Gasteiger charge is 2.39. The molecule has 5 aromatic carbocycles. The minimum Gasteiger partial charge on any atom is -0.369 e. The molecule has 1 aliphatic heterocycles. The maximum atomic E-state index is 13.7. The third kappa shape index (κ3) is 3.62. The van der Waals surface area contributed by atoms with E-state index in [-0.39, 0.29) is 5.91 Å². The number of aromatic nitrogens is 1. The van der Waals surface area contributed by atoms with Crippen molar-refractivity contribution in [3.8, 4) is 16.8 Å². The summed E-state index contributed by atoms with van der Waals surface area (Å²) in [7, 11) is 0. The maximum absolute atomic E-state index is 13.7. The van der Waals surface area contributed by atoms with Crippen LogP contribution < -0.4 is 4.90 Å². The van der Waals surface area contributed by atoms with Gasteiger partial charge in [0.05, 0.1) is 22.3 Å². The Morgan fingerprint density at radius 1 is 0.675 bits per heavy atom. The van der Waals surface area contributed by atoms with Crippen LogP contribution in [-0.2, 0) is 6.18 Å². The number of hydrogen-bond acceptors (Lipinski definition) is 2. The number of amides is 1. The van der Waals surface area contributed by atoms with E-state index in [9.17, 15) is 23.1 Å². The molecule has 0 fully saturated rings. The van der Waals surface area contributed by atoms with Crippen molar-refractivity contribution in [2.24, 2.45) is 0 Å². The lowest BCUT2D eigenvalue weighted by atomic mass is 10.1. The van der Waals surface area contributed by atoms with Crippen LogP contribution in [0.3, 0.4) is 0 Å². The molecular weight excluding hydrogens is 513 g/mol. The molecule has 196 valence electrons. The molecular formula is C33H21F3N2O2. The number of carbonyl (C=O) groups excluding carboxylic acids is 1. The third-order valence-electron chi connectivity index (χ3n) is 7.53. The molecule has 0 saturated carbocycles. The van der Waals surface area contributed by atoms with Gasteiger partial charge in [-0.25, -0.2) is 0 Å². The predicted octanol–water partition coefficient (Wildman–Crippen LogP) is 8.12. The number of carbonyl (C=O) groups is 1. The maximum Gasteiger partial charge on any atom is 0.416 e. The Labute approximate surface area is 227 Å². The van der Waals surface area contributed by atoms with Crippen LogP contribution in [0.15, 0.2) is 115 Å². The molecule has 0 bridgehead atoms. The molecule has 40 heavy (non-hydrogen) atoms. The van der Waals surface area contributed by atoms with Gasteiger partial charge in [-0.1, -0.05) is 72.8 Å². The van der Waals surface area contributed by atoms with Crippen molar-refractivity contribution in [2.75, 3.05) is 4.90 Å². The van der Waals surface area contributed by atoms with Crippen molar-refractivity contribution in [1.29, 1.82) is 0 Å². The number of nitrogens with zero attached hydrogens (tertiary/aromatic N) is 2. The first kappa shape index (κ1) is 24.2. The van der Waals surface area contributed by atoms with E-state index >= 15 is 0 Å². The molecule has 0 radical (unpaired) electrons. The summed E-state index contributed by atoms with van der Waals surface area (Å²) in [5.41, 5.74) is 3.86. The van der Waals surface area contributed by atoms with Crippen molar-refractivity contribution in [3.05, 3.63) is 132 Å². The number of fused-ring (bicyclic) bond motifs is 4. The zero-order chi connectivity index (χ0) is 27.6. The Bertz CT molecular complexity index is 1930. The summed E-state index contributed by atoms with van der Waals surface area (Å²) in [6.07, 6.45) is -5.85. The first-order valence-corrected chi connectivity index (χ1v) is 12.7. The molecule has 6 aromatic rings. The van der Waals surface area contributed by atoms with Crippen LogP contribution in [0, 0.1) is 0 Å². The fourth-order valence-corrected chi connectivity index (χ4v) is 5.69. The molecule has 1 aliphatic rings. The second-order valence-corrected chi connectivity index (χ2v) is 9.78. The Morgan fingerprint density at radius 3 is 2.10 bits per heavy atom. The average Bonchev–Trinajstić information content (AvgIpc) is 3.44. The average molecular weight is 535 g/mol. The van der Waals surface area contributed by atoms with Crippen LogP contribution >= 0.6 is 0 Å². The number of rotatable bonds is 3. The summed E-state index contributed by atoms with van der Waals surface area (Å²) >= 11 is 0. The quantitative estimate of drug-likeness (QED) is 0.249. The van der Waals surface area contributed by atoms with E-state index < -0.39 is 18.0 Å². The fourth-order valence-electron chi connectivity index (χ4n) is 5.69. The van der Waals surface area contributed by atoms with Gasteiger partial charge in [0.15, 0.2) is 6.23 Å². The second kappa shape index (κ2) is 8.83. The van der Waals surface area contributed by atoms with Crippen LogP contribution in [0.4, 0.5) is 18.9 Å².